The average Bonchev–Trinajstić information content (AvgIpc) is 2.38. The van der Waals surface area contributed by atoms with Gasteiger partial charge in [0.25, 0.3) is 0 Å². The van der Waals surface area contributed by atoms with Gasteiger partial charge in [-0.2, -0.15) is 4.31 Å². The number of piperazine rings is 2. The summed E-state index contributed by atoms with van der Waals surface area (Å²) in [5, 5.41) is 6.49. The van der Waals surface area contributed by atoms with E-state index < -0.39 is 10.0 Å². The number of hydrogen-bond acceptors (Lipinski definition) is 5. The van der Waals surface area contributed by atoms with Crippen LogP contribution in [-0.2, 0) is 14.8 Å². The van der Waals surface area contributed by atoms with Crippen molar-refractivity contribution in [3.05, 3.63) is 0 Å². The Labute approximate surface area is 114 Å². The van der Waals surface area contributed by atoms with Gasteiger partial charge in [0.1, 0.15) is 0 Å². The Morgan fingerprint density at radius 3 is 2.21 bits per heavy atom. The molecule has 0 aromatic heterocycles. The molecule has 2 atom stereocenters. The molecule has 2 aliphatic rings. The fraction of sp³-hybridized carbons (Fsp3) is 0.909. The highest BCUT2D eigenvalue weighted by atomic mass is 32.2. The quantitative estimate of drug-likeness (QED) is 0.617. The number of carbonyl (C=O) groups is 1. The molecule has 7 nitrogen and oxygen atoms in total. The predicted molar refractivity (Wildman–Crippen MR) is 72.3 cm³/mol. The third kappa shape index (κ3) is 3.65. The fourth-order valence-electron chi connectivity index (χ4n) is 2.42. The SMILES string of the molecule is CC1CNC(C(=O)N2CCN(S(C)(=O)=O)CC2)CN1. The second kappa shape index (κ2) is 5.74. The van der Waals surface area contributed by atoms with Gasteiger partial charge >= 0.3 is 0 Å². The van der Waals surface area contributed by atoms with Crippen LogP contribution in [0.3, 0.4) is 0 Å². The number of hydrogen-bond donors (Lipinski definition) is 2. The van der Waals surface area contributed by atoms with E-state index in [0.29, 0.717) is 38.8 Å². The Balaban J connectivity index is 1.86. The van der Waals surface area contributed by atoms with Gasteiger partial charge in [-0.15, -0.1) is 0 Å². The molecule has 1 amide bonds. The van der Waals surface area contributed by atoms with E-state index in [1.165, 1.54) is 10.6 Å². The first-order valence-corrected chi connectivity index (χ1v) is 8.43. The molecule has 0 bridgehead atoms. The maximum absolute atomic E-state index is 12.3. The Morgan fingerprint density at radius 2 is 1.74 bits per heavy atom. The van der Waals surface area contributed by atoms with Crippen molar-refractivity contribution in [1.29, 1.82) is 0 Å². The van der Waals surface area contributed by atoms with Crippen molar-refractivity contribution < 1.29 is 13.2 Å². The molecule has 110 valence electrons. The van der Waals surface area contributed by atoms with Crippen LogP contribution in [0.4, 0.5) is 0 Å². The van der Waals surface area contributed by atoms with E-state index in [-0.39, 0.29) is 11.9 Å². The van der Waals surface area contributed by atoms with E-state index in [1.807, 2.05) is 0 Å². The lowest BCUT2D eigenvalue weighted by Crippen LogP contribution is -2.61. The Morgan fingerprint density at radius 1 is 1.11 bits per heavy atom. The second-order valence-electron chi connectivity index (χ2n) is 5.26. The van der Waals surface area contributed by atoms with Crippen LogP contribution in [0.25, 0.3) is 0 Å². The normalized spacial score (nSPS) is 30.3. The van der Waals surface area contributed by atoms with Gasteiger partial charge < -0.3 is 15.5 Å². The molecule has 0 radical (unpaired) electrons. The van der Waals surface area contributed by atoms with Crippen LogP contribution in [0.15, 0.2) is 0 Å². The summed E-state index contributed by atoms with van der Waals surface area (Å²) in [6.07, 6.45) is 1.21. The number of sulfonamides is 1. The number of carbonyl (C=O) groups excluding carboxylic acids is 1. The van der Waals surface area contributed by atoms with Crippen molar-refractivity contribution in [3.8, 4) is 0 Å². The van der Waals surface area contributed by atoms with E-state index in [9.17, 15) is 13.2 Å². The first-order chi connectivity index (χ1) is 8.88. The highest BCUT2D eigenvalue weighted by molar-refractivity contribution is 7.88. The summed E-state index contributed by atoms with van der Waals surface area (Å²) in [5.41, 5.74) is 0. The monoisotopic (exact) mass is 290 g/mol. The molecule has 0 saturated carbocycles. The van der Waals surface area contributed by atoms with Gasteiger partial charge in [0.05, 0.1) is 12.3 Å². The first-order valence-electron chi connectivity index (χ1n) is 6.58. The summed E-state index contributed by atoms with van der Waals surface area (Å²) in [6.45, 7) is 5.20. The predicted octanol–water partition coefficient (Wildman–Crippen LogP) is -1.96. The van der Waals surface area contributed by atoms with Gasteiger partial charge in [0, 0.05) is 45.3 Å². The van der Waals surface area contributed by atoms with E-state index >= 15 is 0 Å². The van der Waals surface area contributed by atoms with E-state index in [1.54, 1.807) is 4.90 Å². The van der Waals surface area contributed by atoms with Crippen molar-refractivity contribution in [1.82, 2.24) is 19.8 Å². The zero-order valence-corrected chi connectivity index (χ0v) is 12.2. The molecule has 2 aliphatic heterocycles. The molecular formula is C11H22N4O3S. The number of nitrogens with one attached hydrogen (secondary N) is 2. The molecule has 2 N–H and O–H groups in total. The highest BCUT2D eigenvalue weighted by Crippen LogP contribution is 2.08. The molecular weight excluding hydrogens is 268 g/mol. The van der Waals surface area contributed by atoms with Gasteiger partial charge in [0.15, 0.2) is 0 Å². The van der Waals surface area contributed by atoms with Crippen LogP contribution in [0.1, 0.15) is 6.92 Å². The van der Waals surface area contributed by atoms with Crippen LogP contribution in [0.2, 0.25) is 0 Å². The van der Waals surface area contributed by atoms with Gasteiger partial charge in [-0.1, -0.05) is 0 Å². The zero-order chi connectivity index (χ0) is 14.0. The summed E-state index contributed by atoms with van der Waals surface area (Å²) in [7, 11) is -3.14. The standard InChI is InChI=1S/C11H22N4O3S/c1-9-7-13-10(8-12-9)11(16)14-3-5-15(6-4-14)19(2,17)18/h9-10,12-13H,3-8H2,1-2H3. The van der Waals surface area contributed by atoms with Crippen LogP contribution >= 0.6 is 0 Å². The lowest BCUT2D eigenvalue weighted by atomic mass is 10.1. The number of rotatable bonds is 2. The molecule has 0 aliphatic carbocycles. The summed E-state index contributed by atoms with van der Waals surface area (Å²) in [6, 6.07) is 0.187. The van der Waals surface area contributed by atoms with Gasteiger partial charge in [-0.25, -0.2) is 8.42 Å². The van der Waals surface area contributed by atoms with Crippen LogP contribution in [-0.4, -0.2) is 81.1 Å². The fourth-order valence-corrected chi connectivity index (χ4v) is 3.24. The van der Waals surface area contributed by atoms with Crippen molar-refractivity contribution in [2.45, 2.75) is 19.0 Å². The topological polar surface area (TPSA) is 81.8 Å². The molecule has 2 heterocycles. The summed E-state index contributed by atoms with van der Waals surface area (Å²) in [4.78, 5) is 14.0. The van der Waals surface area contributed by atoms with Crippen LogP contribution in [0, 0.1) is 0 Å². The highest BCUT2D eigenvalue weighted by Gasteiger charge is 2.31. The van der Waals surface area contributed by atoms with E-state index in [2.05, 4.69) is 17.6 Å². The van der Waals surface area contributed by atoms with Gasteiger partial charge in [0.2, 0.25) is 15.9 Å². The minimum absolute atomic E-state index is 0.0625. The molecule has 0 aromatic rings. The maximum Gasteiger partial charge on any atom is 0.241 e. The molecule has 2 fully saturated rings. The average molecular weight is 290 g/mol. The van der Waals surface area contributed by atoms with E-state index in [4.69, 9.17) is 0 Å². The second-order valence-corrected chi connectivity index (χ2v) is 7.24. The van der Waals surface area contributed by atoms with Crippen LogP contribution in [0.5, 0.6) is 0 Å². The molecule has 19 heavy (non-hydrogen) atoms. The Bertz CT molecular complexity index is 423. The summed E-state index contributed by atoms with van der Waals surface area (Å²) >= 11 is 0. The van der Waals surface area contributed by atoms with Crippen molar-refractivity contribution >= 4 is 15.9 Å². The van der Waals surface area contributed by atoms with E-state index in [0.717, 1.165) is 6.54 Å². The number of nitrogens with zero attached hydrogens (tertiary/aromatic N) is 2. The Hall–Kier alpha value is -0.700. The largest absolute Gasteiger partial charge is 0.339 e. The minimum Gasteiger partial charge on any atom is -0.339 e. The minimum atomic E-state index is -3.14. The molecule has 8 heteroatoms. The summed E-state index contributed by atoms with van der Waals surface area (Å²) in [5.74, 6) is 0.0625. The van der Waals surface area contributed by atoms with Gasteiger partial charge in [-0.3, -0.25) is 4.79 Å². The third-order valence-corrected chi connectivity index (χ3v) is 4.96. The summed E-state index contributed by atoms with van der Waals surface area (Å²) < 4.78 is 24.2. The lowest BCUT2D eigenvalue weighted by Gasteiger charge is -2.37. The molecule has 0 spiro atoms. The first kappa shape index (κ1) is 14.7. The smallest absolute Gasteiger partial charge is 0.241 e. The van der Waals surface area contributed by atoms with Crippen molar-refractivity contribution in [2.75, 3.05) is 45.5 Å². The molecule has 2 rings (SSSR count). The molecule has 2 saturated heterocycles. The van der Waals surface area contributed by atoms with Gasteiger partial charge in [-0.05, 0) is 6.92 Å². The molecule has 2 unspecified atom stereocenters. The maximum atomic E-state index is 12.3. The number of amides is 1. The lowest BCUT2D eigenvalue weighted by molar-refractivity contribution is -0.135. The van der Waals surface area contributed by atoms with Crippen molar-refractivity contribution in [3.63, 3.8) is 0 Å². The zero-order valence-electron chi connectivity index (χ0n) is 11.4. The molecule has 0 aromatic carbocycles. The third-order valence-electron chi connectivity index (χ3n) is 3.66. The Kier molecular flexibility index (Phi) is 4.44. The van der Waals surface area contributed by atoms with Crippen LogP contribution < -0.4 is 10.6 Å². The van der Waals surface area contributed by atoms with Crippen molar-refractivity contribution in [2.24, 2.45) is 0 Å².